The fraction of sp³-hybridized carbons (Fsp3) is 0.227. The molecule has 31 heavy (non-hydrogen) atoms. The number of carbonyl (C=O) groups excluding carboxylic acids is 1. The summed E-state index contributed by atoms with van der Waals surface area (Å²) in [6.45, 7) is 6.37. The average molecular weight is 461 g/mol. The molecule has 3 aromatic rings. The molecule has 0 bridgehead atoms. The molecule has 0 saturated heterocycles. The Hall–Kier alpha value is -2.84. The second kappa shape index (κ2) is 11.0. The summed E-state index contributed by atoms with van der Waals surface area (Å²) in [5.41, 5.74) is 1.96. The van der Waals surface area contributed by atoms with E-state index in [9.17, 15) is 9.18 Å². The van der Waals surface area contributed by atoms with Gasteiger partial charge in [-0.3, -0.25) is 9.36 Å². The highest BCUT2D eigenvalue weighted by atomic mass is 35.5. The maximum Gasteiger partial charge on any atom is 0.234 e. The first-order valence-electron chi connectivity index (χ1n) is 9.62. The Bertz CT molecular complexity index is 1060. The summed E-state index contributed by atoms with van der Waals surface area (Å²) in [6, 6.07) is 11.7. The summed E-state index contributed by atoms with van der Waals surface area (Å²) < 4.78 is 20.6. The number of nitrogens with one attached hydrogen (secondary N) is 1. The van der Waals surface area contributed by atoms with Crippen molar-refractivity contribution in [1.29, 1.82) is 0 Å². The van der Waals surface area contributed by atoms with E-state index >= 15 is 0 Å². The number of thioether (sulfide) groups is 1. The smallest absolute Gasteiger partial charge is 0.234 e. The van der Waals surface area contributed by atoms with E-state index in [4.69, 9.17) is 16.3 Å². The van der Waals surface area contributed by atoms with Gasteiger partial charge in [-0.2, -0.15) is 0 Å². The molecule has 0 unspecified atom stereocenters. The molecule has 0 fully saturated rings. The molecule has 0 spiro atoms. The molecule has 3 rings (SSSR count). The second-order valence-electron chi connectivity index (χ2n) is 6.55. The predicted molar refractivity (Wildman–Crippen MR) is 121 cm³/mol. The lowest BCUT2D eigenvalue weighted by atomic mass is 10.1. The van der Waals surface area contributed by atoms with E-state index in [1.807, 2.05) is 24.3 Å². The molecule has 1 N–H and O–H groups in total. The third-order valence-electron chi connectivity index (χ3n) is 4.33. The minimum absolute atomic E-state index is 0.0860. The van der Waals surface area contributed by atoms with Gasteiger partial charge in [0.15, 0.2) is 11.0 Å². The number of hydrogen-bond acceptors (Lipinski definition) is 5. The van der Waals surface area contributed by atoms with Gasteiger partial charge < -0.3 is 10.1 Å². The first-order chi connectivity index (χ1) is 15.0. The molecule has 0 aliphatic rings. The normalized spacial score (nSPS) is 10.7. The van der Waals surface area contributed by atoms with E-state index < -0.39 is 5.82 Å². The number of rotatable bonds is 10. The van der Waals surface area contributed by atoms with Crippen molar-refractivity contribution in [1.82, 2.24) is 14.8 Å². The first-order valence-corrected chi connectivity index (χ1v) is 11.0. The molecule has 0 aliphatic carbocycles. The van der Waals surface area contributed by atoms with Crippen molar-refractivity contribution in [3.05, 3.63) is 77.3 Å². The molecule has 0 saturated carbocycles. The summed E-state index contributed by atoms with van der Waals surface area (Å²) in [7, 11) is 0. The fourth-order valence-electron chi connectivity index (χ4n) is 2.73. The van der Waals surface area contributed by atoms with Crippen molar-refractivity contribution < 1.29 is 13.9 Å². The molecule has 2 aromatic carbocycles. The van der Waals surface area contributed by atoms with Crippen molar-refractivity contribution in [2.75, 3.05) is 11.1 Å². The SMILES string of the molecule is C=CCn1c(COc2ccc(F)cc2Cl)nnc1SCC(=O)Nc1ccc(CC)cc1. The number of nitrogens with zero attached hydrogens (tertiary/aromatic N) is 3. The zero-order valence-electron chi connectivity index (χ0n) is 17.0. The second-order valence-corrected chi connectivity index (χ2v) is 7.90. The maximum absolute atomic E-state index is 13.2. The summed E-state index contributed by atoms with van der Waals surface area (Å²) in [6.07, 6.45) is 2.65. The lowest BCUT2D eigenvalue weighted by molar-refractivity contribution is -0.113. The topological polar surface area (TPSA) is 69.0 Å². The number of ether oxygens (including phenoxy) is 1. The van der Waals surface area contributed by atoms with E-state index in [-0.39, 0.29) is 23.3 Å². The third kappa shape index (κ3) is 6.32. The Kier molecular flexibility index (Phi) is 8.08. The summed E-state index contributed by atoms with van der Waals surface area (Å²) in [5.74, 6) is 0.483. The number of aryl methyl sites for hydroxylation is 1. The highest BCUT2D eigenvalue weighted by Crippen LogP contribution is 2.26. The van der Waals surface area contributed by atoms with Crippen molar-refractivity contribution in [3.63, 3.8) is 0 Å². The van der Waals surface area contributed by atoms with Crippen LogP contribution < -0.4 is 10.1 Å². The van der Waals surface area contributed by atoms with Crippen molar-refractivity contribution in [2.45, 2.75) is 31.7 Å². The molecular weight excluding hydrogens is 439 g/mol. The van der Waals surface area contributed by atoms with E-state index in [0.29, 0.717) is 23.3 Å². The molecule has 162 valence electrons. The number of aromatic nitrogens is 3. The lowest BCUT2D eigenvalue weighted by Crippen LogP contribution is -2.15. The van der Waals surface area contributed by atoms with Crippen LogP contribution in [0.15, 0.2) is 60.3 Å². The van der Waals surface area contributed by atoms with E-state index in [2.05, 4.69) is 29.0 Å². The van der Waals surface area contributed by atoms with Gasteiger partial charge in [-0.05, 0) is 42.3 Å². The van der Waals surface area contributed by atoms with Crippen LogP contribution in [0.4, 0.5) is 10.1 Å². The van der Waals surface area contributed by atoms with Gasteiger partial charge in [0, 0.05) is 12.2 Å². The molecule has 1 amide bonds. The molecule has 6 nitrogen and oxygen atoms in total. The van der Waals surface area contributed by atoms with Crippen LogP contribution in [0.25, 0.3) is 0 Å². The highest BCUT2D eigenvalue weighted by molar-refractivity contribution is 7.99. The quantitative estimate of drug-likeness (QED) is 0.335. The first kappa shape index (κ1) is 22.8. The van der Waals surface area contributed by atoms with Gasteiger partial charge in [-0.15, -0.1) is 16.8 Å². The van der Waals surface area contributed by atoms with Gasteiger partial charge in [-0.1, -0.05) is 48.5 Å². The summed E-state index contributed by atoms with van der Waals surface area (Å²) in [4.78, 5) is 12.3. The van der Waals surface area contributed by atoms with Crippen LogP contribution in [0.2, 0.25) is 5.02 Å². The Morgan fingerprint density at radius 2 is 2.06 bits per heavy atom. The largest absolute Gasteiger partial charge is 0.484 e. The van der Waals surface area contributed by atoms with Crippen LogP contribution in [0.1, 0.15) is 18.3 Å². The lowest BCUT2D eigenvalue weighted by Gasteiger charge is -2.10. The monoisotopic (exact) mass is 460 g/mol. The van der Waals surface area contributed by atoms with Crippen LogP contribution >= 0.6 is 23.4 Å². The predicted octanol–water partition coefficient (Wildman–Crippen LogP) is 5.13. The van der Waals surface area contributed by atoms with Gasteiger partial charge in [-0.25, -0.2) is 4.39 Å². The van der Waals surface area contributed by atoms with Crippen LogP contribution in [0.3, 0.4) is 0 Å². The number of benzene rings is 2. The fourth-order valence-corrected chi connectivity index (χ4v) is 3.72. The zero-order chi connectivity index (χ0) is 22.2. The average Bonchev–Trinajstić information content (AvgIpc) is 3.14. The number of carbonyl (C=O) groups is 1. The Labute approximate surface area is 189 Å². The molecular formula is C22H22ClFN4O2S. The van der Waals surface area contributed by atoms with Crippen LogP contribution in [0.5, 0.6) is 5.75 Å². The maximum atomic E-state index is 13.2. The standard InChI is InChI=1S/C22H22ClFN4O2S/c1-3-11-28-20(13-30-19-10-7-16(24)12-18(19)23)26-27-22(28)31-14-21(29)25-17-8-5-15(4-2)6-9-17/h3,5-10,12H,1,4,11,13-14H2,2H3,(H,25,29). The van der Waals surface area contributed by atoms with Crippen molar-refractivity contribution in [3.8, 4) is 5.75 Å². The van der Waals surface area contributed by atoms with Gasteiger partial charge in [0.2, 0.25) is 5.91 Å². The minimum Gasteiger partial charge on any atom is -0.484 e. The van der Waals surface area contributed by atoms with Gasteiger partial charge in [0.25, 0.3) is 0 Å². The van der Waals surface area contributed by atoms with Crippen LogP contribution in [0, 0.1) is 5.82 Å². The number of anilines is 1. The molecule has 1 aromatic heterocycles. The molecule has 1 heterocycles. The van der Waals surface area contributed by atoms with E-state index in [1.54, 1.807) is 10.6 Å². The number of hydrogen-bond donors (Lipinski definition) is 1. The molecule has 0 aliphatic heterocycles. The third-order valence-corrected chi connectivity index (χ3v) is 5.60. The number of halogens is 2. The Morgan fingerprint density at radius 3 is 2.74 bits per heavy atom. The number of allylic oxidation sites excluding steroid dienone is 1. The molecule has 9 heteroatoms. The van der Waals surface area contributed by atoms with Gasteiger partial charge >= 0.3 is 0 Å². The Balaban J connectivity index is 1.61. The van der Waals surface area contributed by atoms with Crippen molar-refractivity contribution in [2.24, 2.45) is 0 Å². The molecule has 0 radical (unpaired) electrons. The summed E-state index contributed by atoms with van der Waals surface area (Å²) in [5, 5.41) is 11.9. The minimum atomic E-state index is -0.439. The zero-order valence-corrected chi connectivity index (χ0v) is 18.5. The van der Waals surface area contributed by atoms with Crippen LogP contribution in [-0.2, 0) is 24.4 Å². The van der Waals surface area contributed by atoms with E-state index in [0.717, 1.165) is 12.1 Å². The molecule has 0 atom stereocenters. The van der Waals surface area contributed by atoms with E-state index in [1.165, 1.54) is 35.5 Å². The van der Waals surface area contributed by atoms with Gasteiger partial charge in [0.1, 0.15) is 18.2 Å². The van der Waals surface area contributed by atoms with Crippen molar-refractivity contribution >= 4 is 35.0 Å². The Morgan fingerprint density at radius 1 is 1.29 bits per heavy atom. The van der Waals surface area contributed by atoms with Gasteiger partial charge in [0.05, 0.1) is 10.8 Å². The summed E-state index contributed by atoms with van der Waals surface area (Å²) >= 11 is 7.27. The number of amides is 1. The highest BCUT2D eigenvalue weighted by Gasteiger charge is 2.15. The van der Waals surface area contributed by atoms with Crippen LogP contribution in [-0.4, -0.2) is 26.4 Å².